The van der Waals surface area contributed by atoms with Crippen LogP contribution >= 0.6 is 11.8 Å². The Morgan fingerprint density at radius 1 is 1.27 bits per heavy atom. The van der Waals surface area contributed by atoms with Crippen molar-refractivity contribution in [1.82, 2.24) is 5.32 Å². The molecule has 2 rings (SSSR count). The summed E-state index contributed by atoms with van der Waals surface area (Å²) in [6.07, 6.45) is 5.78. The highest BCUT2D eigenvalue weighted by molar-refractivity contribution is 8.00. The third-order valence-corrected chi connectivity index (χ3v) is 4.32. The Hall–Kier alpha value is 0.310. The van der Waals surface area contributed by atoms with Crippen LogP contribution in [0, 0.1) is 0 Å². The standard InChI is InChI=1S/C9H17NS/c1-7-6-10-8-4-2-3-5-9(8)11-7/h7-10H,2-6H2,1H3. The summed E-state index contributed by atoms with van der Waals surface area (Å²) in [6.45, 7) is 3.56. The third-order valence-electron chi connectivity index (χ3n) is 2.78. The van der Waals surface area contributed by atoms with Crippen LogP contribution < -0.4 is 5.32 Å². The van der Waals surface area contributed by atoms with E-state index in [2.05, 4.69) is 24.0 Å². The van der Waals surface area contributed by atoms with Crippen molar-refractivity contribution in [2.45, 2.75) is 49.1 Å². The second kappa shape index (κ2) is 3.36. The van der Waals surface area contributed by atoms with Crippen LogP contribution in [-0.4, -0.2) is 23.1 Å². The topological polar surface area (TPSA) is 12.0 Å². The SMILES string of the molecule is CC1CNC2CCCCC2S1. The lowest BCUT2D eigenvalue weighted by Crippen LogP contribution is -2.48. The van der Waals surface area contributed by atoms with Crippen LogP contribution in [0.25, 0.3) is 0 Å². The maximum atomic E-state index is 3.65. The molecular formula is C9H17NS. The largest absolute Gasteiger partial charge is 0.312 e. The number of nitrogens with one attached hydrogen (secondary N) is 1. The Morgan fingerprint density at radius 3 is 3.00 bits per heavy atom. The predicted molar refractivity (Wildman–Crippen MR) is 51.1 cm³/mol. The van der Waals surface area contributed by atoms with Gasteiger partial charge in [-0.2, -0.15) is 11.8 Å². The van der Waals surface area contributed by atoms with Gasteiger partial charge >= 0.3 is 0 Å². The summed E-state index contributed by atoms with van der Waals surface area (Å²) in [5.41, 5.74) is 0. The van der Waals surface area contributed by atoms with Crippen molar-refractivity contribution in [2.24, 2.45) is 0 Å². The maximum Gasteiger partial charge on any atom is 0.0204 e. The molecule has 1 aliphatic carbocycles. The number of fused-ring (bicyclic) bond motifs is 1. The molecule has 64 valence electrons. The van der Waals surface area contributed by atoms with Gasteiger partial charge in [0.15, 0.2) is 0 Å². The van der Waals surface area contributed by atoms with Gasteiger partial charge in [-0.15, -0.1) is 0 Å². The van der Waals surface area contributed by atoms with Gasteiger partial charge in [0.1, 0.15) is 0 Å². The molecule has 1 nitrogen and oxygen atoms in total. The molecule has 0 aromatic rings. The first-order valence-corrected chi connectivity index (χ1v) is 5.69. The highest BCUT2D eigenvalue weighted by Crippen LogP contribution is 2.33. The van der Waals surface area contributed by atoms with E-state index in [-0.39, 0.29) is 0 Å². The normalized spacial score (nSPS) is 45.0. The Kier molecular flexibility index (Phi) is 2.42. The molecule has 1 saturated heterocycles. The van der Waals surface area contributed by atoms with E-state index in [1.165, 1.54) is 32.2 Å². The molecule has 2 heteroatoms. The molecule has 3 unspecified atom stereocenters. The fourth-order valence-electron chi connectivity index (χ4n) is 2.16. The van der Waals surface area contributed by atoms with Crippen molar-refractivity contribution in [1.29, 1.82) is 0 Å². The molecular weight excluding hydrogens is 154 g/mol. The summed E-state index contributed by atoms with van der Waals surface area (Å²) < 4.78 is 0. The minimum absolute atomic E-state index is 0.842. The highest BCUT2D eigenvalue weighted by atomic mass is 32.2. The van der Waals surface area contributed by atoms with Crippen molar-refractivity contribution >= 4 is 11.8 Å². The Bertz CT molecular complexity index is 138. The summed E-state index contributed by atoms with van der Waals surface area (Å²) in [5, 5.41) is 5.43. The van der Waals surface area contributed by atoms with E-state index in [9.17, 15) is 0 Å². The Morgan fingerprint density at radius 2 is 2.09 bits per heavy atom. The number of hydrogen-bond acceptors (Lipinski definition) is 2. The van der Waals surface area contributed by atoms with Crippen molar-refractivity contribution in [2.75, 3.05) is 6.54 Å². The molecule has 1 heterocycles. The molecule has 2 aliphatic rings. The summed E-state index contributed by atoms with van der Waals surface area (Å²) in [4.78, 5) is 0. The van der Waals surface area contributed by atoms with Crippen molar-refractivity contribution < 1.29 is 0 Å². The van der Waals surface area contributed by atoms with E-state index in [1.807, 2.05) is 0 Å². The minimum Gasteiger partial charge on any atom is -0.312 e. The van der Waals surface area contributed by atoms with Crippen LogP contribution in [-0.2, 0) is 0 Å². The smallest absolute Gasteiger partial charge is 0.0204 e. The van der Waals surface area contributed by atoms with Gasteiger partial charge in [0.2, 0.25) is 0 Å². The molecule has 1 N–H and O–H groups in total. The monoisotopic (exact) mass is 171 g/mol. The van der Waals surface area contributed by atoms with E-state index in [1.54, 1.807) is 0 Å². The molecule has 0 aromatic carbocycles. The molecule has 0 radical (unpaired) electrons. The van der Waals surface area contributed by atoms with Crippen LogP contribution in [0.1, 0.15) is 32.6 Å². The number of rotatable bonds is 0. The second-order valence-corrected chi connectivity index (χ2v) is 5.47. The first-order chi connectivity index (χ1) is 5.36. The molecule has 1 saturated carbocycles. The fraction of sp³-hybridized carbons (Fsp3) is 1.00. The van der Waals surface area contributed by atoms with E-state index < -0.39 is 0 Å². The molecule has 1 aliphatic heterocycles. The van der Waals surface area contributed by atoms with E-state index in [0.29, 0.717) is 0 Å². The predicted octanol–water partition coefficient (Wildman–Crippen LogP) is 2.02. The molecule has 0 bridgehead atoms. The van der Waals surface area contributed by atoms with Crippen LogP contribution in [0.4, 0.5) is 0 Å². The van der Waals surface area contributed by atoms with Crippen LogP contribution in [0.2, 0.25) is 0 Å². The molecule has 0 aromatic heterocycles. The van der Waals surface area contributed by atoms with Crippen LogP contribution in [0.3, 0.4) is 0 Å². The van der Waals surface area contributed by atoms with Gasteiger partial charge in [0.05, 0.1) is 0 Å². The highest BCUT2D eigenvalue weighted by Gasteiger charge is 2.30. The van der Waals surface area contributed by atoms with Gasteiger partial charge in [-0.25, -0.2) is 0 Å². The molecule has 2 fully saturated rings. The molecule has 0 amide bonds. The van der Waals surface area contributed by atoms with Crippen molar-refractivity contribution in [3.05, 3.63) is 0 Å². The summed E-state index contributed by atoms with van der Waals surface area (Å²) in [7, 11) is 0. The fourth-order valence-corrected chi connectivity index (χ4v) is 3.67. The zero-order valence-electron chi connectivity index (χ0n) is 7.18. The first-order valence-electron chi connectivity index (χ1n) is 4.75. The lowest BCUT2D eigenvalue weighted by Gasteiger charge is -2.38. The van der Waals surface area contributed by atoms with E-state index in [0.717, 1.165) is 16.5 Å². The zero-order chi connectivity index (χ0) is 7.68. The number of thioether (sulfide) groups is 1. The van der Waals surface area contributed by atoms with Gasteiger partial charge < -0.3 is 5.32 Å². The molecule has 3 atom stereocenters. The zero-order valence-corrected chi connectivity index (χ0v) is 7.99. The quantitative estimate of drug-likeness (QED) is 0.598. The van der Waals surface area contributed by atoms with Crippen molar-refractivity contribution in [3.63, 3.8) is 0 Å². The Balaban J connectivity index is 1.93. The second-order valence-electron chi connectivity index (χ2n) is 3.78. The lowest BCUT2D eigenvalue weighted by molar-refractivity contribution is 0.373. The maximum absolute atomic E-state index is 3.65. The summed E-state index contributed by atoms with van der Waals surface area (Å²) in [6, 6.07) is 0.852. The van der Waals surface area contributed by atoms with Gasteiger partial charge in [-0.1, -0.05) is 19.8 Å². The molecule has 0 spiro atoms. The van der Waals surface area contributed by atoms with Crippen molar-refractivity contribution in [3.8, 4) is 0 Å². The van der Waals surface area contributed by atoms with E-state index in [4.69, 9.17) is 0 Å². The first kappa shape index (κ1) is 7.93. The van der Waals surface area contributed by atoms with Gasteiger partial charge in [0.25, 0.3) is 0 Å². The van der Waals surface area contributed by atoms with Gasteiger partial charge in [0, 0.05) is 23.1 Å². The number of hydrogen-bond donors (Lipinski definition) is 1. The minimum atomic E-state index is 0.842. The van der Waals surface area contributed by atoms with Crippen LogP contribution in [0.5, 0.6) is 0 Å². The van der Waals surface area contributed by atoms with Crippen LogP contribution in [0.15, 0.2) is 0 Å². The van der Waals surface area contributed by atoms with E-state index >= 15 is 0 Å². The van der Waals surface area contributed by atoms with Gasteiger partial charge in [-0.3, -0.25) is 0 Å². The molecule has 11 heavy (non-hydrogen) atoms. The average molecular weight is 171 g/mol. The average Bonchev–Trinajstić information content (AvgIpc) is 2.04. The lowest BCUT2D eigenvalue weighted by atomic mass is 9.94. The third kappa shape index (κ3) is 1.73. The summed E-state index contributed by atoms with van der Waals surface area (Å²) >= 11 is 2.21. The summed E-state index contributed by atoms with van der Waals surface area (Å²) in [5.74, 6) is 0. The van der Waals surface area contributed by atoms with Gasteiger partial charge in [-0.05, 0) is 12.8 Å². The Labute approximate surface area is 73.3 Å².